The summed E-state index contributed by atoms with van der Waals surface area (Å²) >= 11 is 0. The molecule has 0 radical (unpaired) electrons. The molecule has 2 unspecified atom stereocenters. The van der Waals surface area contributed by atoms with Gasteiger partial charge in [-0.05, 0) is 43.9 Å². The lowest BCUT2D eigenvalue weighted by molar-refractivity contribution is -0.122. The van der Waals surface area contributed by atoms with Gasteiger partial charge in [0, 0.05) is 38.6 Å². The SMILES string of the molecule is NC(=O)C1CCCN(c2ccc(NC(=O)C3CCCN(c4ncccn4)C3)cn2)C1. The largest absolute Gasteiger partial charge is 0.369 e. The highest BCUT2D eigenvalue weighted by molar-refractivity contribution is 5.93. The van der Waals surface area contributed by atoms with Crippen LogP contribution in [0.2, 0.25) is 0 Å². The molecular weight excluding hydrogens is 382 g/mol. The van der Waals surface area contributed by atoms with Gasteiger partial charge in [-0.1, -0.05) is 0 Å². The molecule has 0 aliphatic carbocycles. The summed E-state index contributed by atoms with van der Waals surface area (Å²) in [6.07, 6.45) is 8.60. The third-order valence-electron chi connectivity index (χ3n) is 5.79. The molecular formula is C21H27N7O2. The third kappa shape index (κ3) is 4.67. The highest BCUT2D eigenvalue weighted by atomic mass is 16.2. The fourth-order valence-corrected chi connectivity index (χ4v) is 4.14. The van der Waals surface area contributed by atoms with Gasteiger partial charge in [0.25, 0.3) is 0 Å². The van der Waals surface area contributed by atoms with E-state index in [-0.39, 0.29) is 23.7 Å². The van der Waals surface area contributed by atoms with Gasteiger partial charge in [-0.15, -0.1) is 0 Å². The van der Waals surface area contributed by atoms with Crippen LogP contribution in [0.1, 0.15) is 25.7 Å². The Balaban J connectivity index is 1.35. The molecule has 9 nitrogen and oxygen atoms in total. The average Bonchev–Trinajstić information content (AvgIpc) is 2.80. The number of hydrogen-bond donors (Lipinski definition) is 2. The van der Waals surface area contributed by atoms with Crippen molar-refractivity contribution in [3.05, 3.63) is 36.8 Å². The number of rotatable bonds is 5. The van der Waals surface area contributed by atoms with Crippen LogP contribution >= 0.6 is 0 Å². The zero-order valence-corrected chi connectivity index (χ0v) is 16.9. The predicted octanol–water partition coefficient (Wildman–Crippen LogP) is 1.43. The Bertz CT molecular complexity index is 875. The van der Waals surface area contributed by atoms with E-state index in [1.54, 1.807) is 24.7 Å². The molecule has 9 heteroatoms. The predicted molar refractivity (Wildman–Crippen MR) is 114 cm³/mol. The lowest BCUT2D eigenvalue weighted by Crippen LogP contribution is -2.41. The van der Waals surface area contributed by atoms with Crippen LogP contribution in [-0.4, -0.2) is 52.9 Å². The average molecular weight is 409 g/mol. The van der Waals surface area contributed by atoms with E-state index in [2.05, 4.69) is 30.1 Å². The van der Waals surface area contributed by atoms with Crippen LogP contribution in [0.5, 0.6) is 0 Å². The van der Waals surface area contributed by atoms with Crippen LogP contribution in [0.4, 0.5) is 17.5 Å². The molecule has 2 aromatic rings. The number of nitrogens with two attached hydrogens (primary N) is 1. The van der Waals surface area contributed by atoms with E-state index in [1.807, 2.05) is 12.1 Å². The zero-order valence-electron chi connectivity index (χ0n) is 16.9. The van der Waals surface area contributed by atoms with Crippen LogP contribution in [0.15, 0.2) is 36.8 Å². The van der Waals surface area contributed by atoms with Gasteiger partial charge in [0.2, 0.25) is 17.8 Å². The second-order valence-corrected chi connectivity index (χ2v) is 7.92. The van der Waals surface area contributed by atoms with Gasteiger partial charge in [0.05, 0.1) is 23.7 Å². The zero-order chi connectivity index (χ0) is 20.9. The number of carbonyl (C=O) groups is 2. The number of primary amides is 1. The van der Waals surface area contributed by atoms with Gasteiger partial charge in [-0.25, -0.2) is 15.0 Å². The van der Waals surface area contributed by atoms with E-state index in [0.29, 0.717) is 24.7 Å². The maximum atomic E-state index is 12.8. The van der Waals surface area contributed by atoms with Gasteiger partial charge in [-0.2, -0.15) is 0 Å². The minimum absolute atomic E-state index is 0.0167. The molecule has 3 N–H and O–H groups in total. The van der Waals surface area contributed by atoms with E-state index in [1.165, 1.54) is 0 Å². The molecule has 2 aromatic heterocycles. The molecule has 30 heavy (non-hydrogen) atoms. The molecule has 4 rings (SSSR count). The van der Waals surface area contributed by atoms with Gasteiger partial charge >= 0.3 is 0 Å². The standard InChI is InChI=1S/C21H27N7O2/c22-19(29)15-4-1-10-27(13-15)18-7-6-17(12-25-18)26-20(30)16-5-2-11-28(14-16)21-23-8-3-9-24-21/h3,6-9,12,15-16H,1-2,4-5,10-11,13-14H2,(H2,22,29)(H,26,30). The number of anilines is 3. The third-order valence-corrected chi connectivity index (χ3v) is 5.79. The van der Waals surface area contributed by atoms with Crippen molar-refractivity contribution in [3.63, 3.8) is 0 Å². The van der Waals surface area contributed by atoms with Crippen molar-refractivity contribution in [2.75, 3.05) is 41.3 Å². The van der Waals surface area contributed by atoms with Crippen molar-refractivity contribution in [1.29, 1.82) is 0 Å². The molecule has 2 saturated heterocycles. The number of nitrogens with zero attached hydrogens (tertiary/aromatic N) is 5. The number of hydrogen-bond acceptors (Lipinski definition) is 7. The lowest BCUT2D eigenvalue weighted by atomic mass is 9.97. The van der Waals surface area contributed by atoms with Gasteiger partial charge in [-0.3, -0.25) is 9.59 Å². The fraction of sp³-hybridized carbons (Fsp3) is 0.476. The number of piperidine rings is 2. The Labute approximate surface area is 175 Å². The highest BCUT2D eigenvalue weighted by Crippen LogP contribution is 2.24. The quantitative estimate of drug-likeness (QED) is 0.767. The van der Waals surface area contributed by atoms with Crippen molar-refractivity contribution in [1.82, 2.24) is 15.0 Å². The summed E-state index contributed by atoms with van der Waals surface area (Å²) < 4.78 is 0. The Morgan fingerprint density at radius 3 is 2.37 bits per heavy atom. The Hall–Kier alpha value is -3.23. The van der Waals surface area contributed by atoms with E-state index < -0.39 is 0 Å². The summed E-state index contributed by atoms with van der Waals surface area (Å²) in [4.78, 5) is 41.5. The molecule has 0 spiro atoms. The van der Waals surface area contributed by atoms with Crippen LogP contribution < -0.4 is 20.9 Å². The summed E-state index contributed by atoms with van der Waals surface area (Å²) in [6.45, 7) is 2.89. The van der Waals surface area contributed by atoms with Crippen molar-refractivity contribution >= 4 is 29.3 Å². The van der Waals surface area contributed by atoms with Crippen LogP contribution in [-0.2, 0) is 9.59 Å². The summed E-state index contributed by atoms with van der Waals surface area (Å²) in [7, 11) is 0. The molecule has 2 fully saturated rings. The maximum Gasteiger partial charge on any atom is 0.229 e. The normalized spacial score (nSPS) is 21.9. The Morgan fingerprint density at radius 1 is 0.967 bits per heavy atom. The molecule has 0 aromatic carbocycles. The smallest absolute Gasteiger partial charge is 0.229 e. The number of carbonyl (C=O) groups excluding carboxylic acids is 2. The maximum absolute atomic E-state index is 12.8. The van der Waals surface area contributed by atoms with Crippen molar-refractivity contribution in [3.8, 4) is 0 Å². The highest BCUT2D eigenvalue weighted by Gasteiger charge is 2.28. The molecule has 2 amide bonds. The summed E-state index contributed by atoms with van der Waals surface area (Å²) in [6, 6.07) is 5.52. The van der Waals surface area contributed by atoms with Crippen LogP contribution in [0.3, 0.4) is 0 Å². The first-order valence-electron chi connectivity index (χ1n) is 10.4. The summed E-state index contributed by atoms with van der Waals surface area (Å²) in [5.74, 6) is 0.923. The first-order valence-corrected chi connectivity index (χ1v) is 10.4. The van der Waals surface area contributed by atoms with Gasteiger partial charge < -0.3 is 20.9 Å². The van der Waals surface area contributed by atoms with E-state index in [4.69, 9.17) is 5.73 Å². The first-order chi connectivity index (χ1) is 14.6. The molecule has 0 saturated carbocycles. The van der Waals surface area contributed by atoms with Crippen LogP contribution in [0.25, 0.3) is 0 Å². The van der Waals surface area contributed by atoms with Crippen molar-refractivity contribution in [2.45, 2.75) is 25.7 Å². The molecule has 2 aliphatic rings. The topological polar surface area (TPSA) is 117 Å². The molecule has 158 valence electrons. The van der Waals surface area contributed by atoms with Crippen molar-refractivity contribution in [2.24, 2.45) is 17.6 Å². The van der Waals surface area contributed by atoms with E-state index in [0.717, 1.165) is 44.6 Å². The Morgan fingerprint density at radius 2 is 1.67 bits per heavy atom. The second kappa shape index (κ2) is 9.06. The molecule has 2 atom stereocenters. The number of aromatic nitrogens is 3. The summed E-state index contributed by atoms with van der Waals surface area (Å²) in [5.41, 5.74) is 6.13. The monoisotopic (exact) mass is 409 g/mol. The van der Waals surface area contributed by atoms with E-state index in [9.17, 15) is 9.59 Å². The minimum Gasteiger partial charge on any atom is -0.369 e. The first kappa shape index (κ1) is 20.1. The van der Waals surface area contributed by atoms with Crippen molar-refractivity contribution < 1.29 is 9.59 Å². The van der Waals surface area contributed by atoms with Gasteiger partial charge in [0.15, 0.2) is 0 Å². The minimum atomic E-state index is -0.258. The number of amides is 2. The van der Waals surface area contributed by atoms with Crippen LogP contribution in [0, 0.1) is 11.8 Å². The number of nitrogens with one attached hydrogen (secondary N) is 1. The van der Waals surface area contributed by atoms with Gasteiger partial charge in [0.1, 0.15) is 5.82 Å². The fourth-order valence-electron chi connectivity index (χ4n) is 4.14. The Kier molecular flexibility index (Phi) is 6.06. The molecule has 4 heterocycles. The molecule has 2 aliphatic heterocycles. The van der Waals surface area contributed by atoms with E-state index >= 15 is 0 Å². The molecule has 0 bridgehead atoms. The second-order valence-electron chi connectivity index (χ2n) is 7.92. The lowest BCUT2D eigenvalue weighted by Gasteiger charge is -2.32. The summed E-state index contributed by atoms with van der Waals surface area (Å²) in [5, 5.41) is 2.98. The number of pyridine rings is 1.